The van der Waals surface area contributed by atoms with Crippen molar-refractivity contribution < 1.29 is 9.53 Å². The molecule has 0 unspecified atom stereocenters. The van der Waals surface area contributed by atoms with Crippen molar-refractivity contribution in [1.82, 2.24) is 14.9 Å². The molecule has 150 valence electrons. The quantitative estimate of drug-likeness (QED) is 0.640. The molecule has 29 heavy (non-hydrogen) atoms. The SMILES string of the molecule is CCc1nnc2n1N[C@@H](c1ccc(OC)cc1)[C@H](C(=O)Nc1ccc(Cl)cc1)S2. The fraction of sp³-hybridized carbons (Fsp3) is 0.250. The molecule has 2 N–H and O–H groups in total. The van der Waals surface area contributed by atoms with Crippen LogP contribution in [0.2, 0.25) is 5.02 Å². The summed E-state index contributed by atoms with van der Waals surface area (Å²) in [5, 5.41) is 12.3. The predicted molar refractivity (Wildman–Crippen MR) is 114 cm³/mol. The topological polar surface area (TPSA) is 81.1 Å². The summed E-state index contributed by atoms with van der Waals surface area (Å²) in [5.74, 6) is 1.46. The lowest BCUT2D eigenvalue weighted by Crippen LogP contribution is -2.41. The molecule has 0 aliphatic carbocycles. The highest BCUT2D eigenvalue weighted by atomic mass is 35.5. The average Bonchev–Trinajstić information content (AvgIpc) is 3.16. The summed E-state index contributed by atoms with van der Waals surface area (Å²) in [6.07, 6.45) is 0.734. The van der Waals surface area contributed by atoms with E-state index in [0.717, 1.165) is 23.6 Å². The van der Waals surface area contributed by atoms with Gasteiger partial charge in [-0.15, -0.1) is 10.2 Å². The molecule has 2 heterocycles. The Bertz CT molecular complexity index is 1010. The highest BCUT2D eigenvalue weighted by Gasteiger charge is 2.37. The van der Waals surface area contributed by atoms with Gasteiger partial charge in [-0.25, -0.2) is 4.68 Å². The van der Waals surface area contributed by atoms with Gasteiger partial charge < -0.3 is 15.5 Å². The number of halogens is 1. The number of aromatic nitrogens is 3. The maximum atomic E-state index is 13.2. The normalized spacial score (nSPS) is 17.9. The van der Waals surface area contributed by atoms with Crippen LogP contribution >= 0.6 is 23.4 Å². The maximum absolute atomic E-state index is 13.2. The molecule has 1 aliphatic heterocycles. The molecule has 7 nitrogen and oxygen atoms in total. The lowest BCUT2D eigenvalue weighted by molar-refractivity contribution is -0.116. The zero-order valence-electron chi connectivity index (χ0n) is 15.9. The highest BCUT2D eigenvalue weighted by Crippen LogP contribution is 2.38. The number of benzene rings is 2. The fourth-order valence-corrected chi connectivity index (χ4v) is 4.36. The van der Waals surface area contributed by atoms with E-state index < -0.39 is 5.25 Å². The number of nitrogens with zero attached hydrogens (tertiary/aromatic N) is 3. The van der Waals surface area contributed by atoms with Crippen molar-refractivity contribution in [3.05, 3.63) is 64.9 Å². The van der Waals surface area contributed by atoms with Gasteiger partial charge in [0.1, 0.15) is 11.0 Å². The molecule has 1 amide bonds. The summed E-state index contributed by atoms with van der Waals surface area (Å²) in [4.78, 5) is 13.2. The van der Waals surface area contributed by atoms with Gasteiger partial charge in [-0.2, -0.15) is 0 Å². The zero-order valence-corrected chi connectivity index (χ0v) is 17.5. The first kappa shape index (κ1) is 19.6. The number of carbonyl (C=O) groups is 1. The number of hydrogen-bond acceptors (Lipinski definition) is 6. The van der Waals surface area contributed by atoms with E-state index in [2.05, 4.69) is 20.9 Å². The van der Waals surface area contributed by atoms with Gasteiger partial charge in [-0.1, -0.05) is 42.4 Å². The minimum absolute atomic E-state index is 0.127. The van der Waals surface area contributed by atoms with Gasteiger partial charge in [0, 0.05) is 17.1 Å². The monoisotopic (exact) mass is 429 g/mol. The molecule has 1 aromatic heterocycles. The van der Waals surface area contributed by atoms with Gasteiger partial charge in [0.15, 0.2) is 5.82 Å². The predicted octanol–water partition coefficient (Wildman–Crippen LogP) is 3.90. The number of nitrogens with one attached hydrogen (secondary N) is 2. The highest BCUT2D eigenvalue weighted by molar-refractivity contribution is 8.00. The standard InChI is InChI=1S/C20H20ClN5O2S/c1-3-16-23-24-20-26(16)25-17(12-4-10-15(28-2)11-5-12)18(29-20)19(27)22-14-8-6-13(21)7-9-14/h4-11,17-18,25H,3H2,1-2H3,(H,22,27)/t17-,18+/m0/s1. The molecule has 4 rings (SSSR count). The number of thioether (sulfide) groups is 1. The third kappa shape index (κ3) is 4.04. The number of anilines is 1. The van der Waals surface area contributed by atoms with Crippen LogP contribution in [-0.4, -0.2) is 33.1 Å². The summed E-state index contributed by atoms with van der Waals surface area (Å²) in [6, 6.07) is 14.5. The van der Waals surface area contributed by atoms with E-state index in [9.17, 15) is 4.79 Å². The average molecular weight is 430 g/mol. The molecule has 0 bridgehead atoms. The lowest BCUT2D eigenvalue weighted by atomic mass is 10.0. The van der Waals surface area contributed by atoms with Crippen LogP contribution in [0, 0.1) is 0 Å². The van der Waals surface area contributed by atoms with Crippen molar-refractivity contribution in [3.63, 3.8) is 0 Å². The Morgan fingerprint density at radius 3 is 2.59 bits per heavy atom. The van der Waals surface area contributed by atoms with Gasteiger partial charge in [0.05, 0.1) is 13.2 Å². The smallest absolute Gasteiger partial charge is 0.240 e. The molecule has 0 saturated carbocycles. The van der Waals surface area contributed by atoms with Crippen molar-refractivity contribution in [1.29, 1.82) is 0 Å². The van der Waals surface area contributed by atoms with Crippen LogP contribution in [0.1, 0.15) is 24.4 Å². The zero-order chi connectivity index (χ0) is 20.4. The maximum Gasteiger partial charge on any atom is 0.240 e. The minimum Gasteiger partial charge on any atom is -0.497 e. The van der Waals surface area contributed by atoms with Crippen LogP contribution in [0.3, 0.4) is 0 Å². The second-order valence-corrected chi connectivity index (χ2v) is 8.05. The Morgan fingerprint density at radius 1 is 1.21 bits per heavy atom. The van der Waals surface area contributed by atoms with Crippen molar-refractivity contribution >= 4 is 35.0 Å². The van der Waals surface area contributed by atoms with Crippen LogP contribution < -0.4 is 15.5 Å². The number of amides is 1. The van der Waals surface area contributed by atoms with Gasteiger partial charge in [0.2, 0.25) is 11.1 Å². The van der Waals surface area contributed by atoms with E-state index in [-0.39, 0.29) is 11.9 Å². The fourth-order valence-electron chi connectivity index (χ4n) is 3.14. The van der Waals surface area contributed by atoms with Crippen LogP contribution in [-0.2, 0) is 11.2 Å². The molecule has 9 heteroatoms. The molecule has 0 fully saturated rings. The van der Waals surface area contributed by atoms with Gasteiger partial charge in [-0.05, 0) is 42.0 Å². The van der Waals surface area contributed by atoms with E-state index in [0.29, 0.717) is 15.9 Å². The third-order valence-corrected chi connectivity index (χ3v) is 6.13. The second kappa shape index (κ2) is 8.34. The van der Waals surface area contributed by atoms with Gasteiger partial charge >= 0.3 is 0 Å². The van der Waals surface area contributed by atoms with Crippen molar-refractivity contribution in [2.45, 2.75) is 29.8 Å². The molecular formula is C20H20ClN5O2S. The lowest BCUT2D eigenvalue weighted by Gasteiger charge is -2.33. The van der Waals surface area contributed by atoms with E-state index in [1.54, 1.807) is 31.4 Å². The summed E-state index contributed by atoms with van der Waals surface area (Å²) in [7, 11) is 1.63. The summed E-state index contributed by atoms with van der Waals surface area (Å²) < 4.78 is 7.13. The number of rotatable bonds is 5. The summed E-state index contributed by atoms with van der Waals surface area (Å²) in [6.45, 7) is 2.02. The molecule has 0 spiro atoms. The summed E-state index contributed by atoms with van der Waals surface area (Å²) in [5.41, 5.74) is 5.08. The van der Waals surface area contributed by atoms with E-state index in [4.69, 9.17) is 16.3 Å². The Hall–Kier alpha value is -2.71. The number of aryl methyl sites for hydroxylation is 1. The molecule has 1 aliphatic rings. The number of carbonyl (C=O) groups excluding carboxylic acids is 1. The van der Waals surface area contributed by atoms with Crippen LogP contribution in [0.5, 0.6) is 5.75 Å². The molecule has 0 saturated heterocycles. The van der Waals surface area contributed by atoms with Crippen molar-refractivity contribution in [2.75, 3.05) is 17.9 Å². The first-order chi connectivity index (χ1) is 14.1. The second-order valence-electron chi connectivity index (χ2n) is 6.50. The number of fused-ring (bicyclic) bond motifs is 1. The molecule has 2 atom stereocenters. The molecule has 2 aromatic carbocycles. The molecule has 3 aromatic rings. The first-order valence-corrected chi connectivity index (χ1v) is 10.4. The Balaban J connectivity index is 1.65. The largest absolute Gasteiger partial charge is 0.497 e. The molecular weight excluding hydrogens is 410 g/mol. The molecule has 0 radical (unpaired) electrons. The number of methoxy groups -OCH3 is 1. The van der Waals surface area contributed by atoms with Crippen LogP contribution in [0.4, 0.5) is 5.69 Å². The van der Waals surface area contributed by atoms with Crippen molar-refractivity contribution in [2.24, 2.45) is 0 Å². The first-order valence-electron chi connectivity index (χ1n) is 9.17. The number of hydrogen-bond donors (Lipinski definition) is 2. The summed E-state index contributed by atoms with van der Waals surface area (Å²) >= 11 is 7.34. The van der Waals surface area contributed by atoms with Crippen LogP contribution in [0.25, 0.3) is 0 Å². The van der Waals surface area contributed by atoms with Crippen molar-refractivity contribution in [3.8, 4) is 5.75 Å². The van der Waals surface area contributed by atoms with Gasteiger partial charge in [0.25, 0.3) is 0 Å². The van der Waals surface area contributed by atoms with Crippen LogP contribution in [0.15, 0.2) is 53.7 Å². The number of ether oxygens (including phenoxy) is 1. The van der Waals surface area contributed by atoms with E-state index >= 15 is 0 Å². The third-order valence-electron chi connectivity index (χ3n) is 4.67. The minimum atomic E-state index is -0.444. The Labute approximate surface area is 177 Å². The van der Waals surface area contributed by atoms with E-state index in [1.165, 1.54) is 11.8 Å². The van der Waals surface area contributed by atoms with E-state index in [1.807, 2.05) is 35.9 Å². The van der Waals surface area contributed by atoms with Gasteiger partial charge in [-0.3, -0.25) is 4.79 Å². The Kier molecular flexibility index (Phi) is 5.64. The Morgan fingerprint density at radius 2 is 1.93 bits per heavy atom.